The lowest BCUT2D eigenvalue weighted by Gasteiger charge is -2.17. The van der Waals surface area contributed by atoms with Gasteiger partial charge in [0.2, 0.25) is 0 Å². The summed E-state index contributed by atoms with van der Waals surface area (Å²) in [5.74, 6) is 0.369. The Balaban J connectivity index is 2.09. The number of ether oxygens (including phenoxy) is 1. The summed E-state index contributed by atoms with van der Waals surface area (Å²) in [5.41, 5.74) is 2.40. The third-order valence-electron chi connectivity index (χ3n) is 3.45. The van der Waals surface area contributed by atoms with Gasteiger partial charge in [0.25, 0.3) is 0 Å². The van der Waals surface area contributed by atoms with Crippen LogP contribution in [0, 0.1) is 17.1 Å². The van der Waals surface area contributed by atoms with Crippen LogP contribution >= 0.6 is 0 Å². The highest BCUT2D eigenvalue weighted by Gasteiger charge is 2.13. The zero-order valence-corrected chi connectivity index (χ0v) is 12.4. The Kier molecular flexibility index (Phi) is 4.61. The molecule has 21 heavy (non-hydrogen) atoms. The smallest absolute Gasteiger partial charge is 0.123 e. The maximum atomic E-state index is 13.4. The van der Waals surface area contributed by atoms with Gasteiger partial charge < -0.3 is 14.6 Å². The quantitative estimate of drug-likeness (QED) is 0.920. The molecular weight excluding hydrogens is 269 g/mol. The average molecular weight is 287 g/mol. The van der Waals surface area contributed by atoms with E-state index in [-0.39, 0.29) is 11.9 Å². The lowest BCUT2D eigenvalue weighted by molar-refractivity contribution is 0.399. The van der Waals surface area contributed by atoms with E-state index in [0.717, 1.165) is 11.1 Å². The molecule has 2 rings (SSSR count). The van der Waals surface area contributed by atoms with Crippen molar-refractivity contribution >= 4 is 0 Å². The van der Waals surface area contributed by atoms with E-state index >= 15 is 0 Å². The fraction of sp³-hybridized carbons (Fsp3) is 0.312. The van der Waals surface area contributed by atoms with Gasteiger partial charge >= 0.3 is 0 Å². The minimum atomic E-state index is -0.286. The SMILES string of the molecule is COc1ccc(F)cc1C(C)NCc1cc(C#N)n(C)c1. The highest BCUT2D eigenvalue weighted by Crippen LogP contribution is 2.26. The molecular formula is C16H18FN3O. The zero-order valence-electron chi connectivity index (χ0n) is 12.4. The first-order valence-electron chi connectivity index (χ1n) is 6.67. The molecule has 110 valence electrons. The number of benzene rings is 1. The molecule has 0 bridgehead atoms. The maximum absolute atomic E-state index is 13.4. The lowest BCUT2D eigenvalue weighted by atomic mass is 10.1. The molecule has 0 aliphatic carbocycles. The van der Waals surface area contributed by atoms with Gasteiger partial charge in [-0.1, -0.05) is 0 Å². The number of halogens is 1. The maximum Gasteiger partial charge on any atom is 0.123 e. The van der Waals surface area contributed by atoms with Crippen molar-refractivity contribution in [3.05, 3.63) is 53.1 Å². The second-order valence-corrected chi connectivity index (χ2v) is 4.95. The van der Waals surface area contributed by atoms with Crippen molar-refractivity contribution < 1.29 is 9.13 Å². The normalized spacial score (nSPS) is 12.0. The van der Waals surface area contributed by atoms with E-state index in [1.165, 1.54) is 12.1 Å². The Bertz CT molecular complexity index is 673. The first-order valence-corrected chi connectivity index (χ1v) is 6.67. The van der Waals surface area contributed by atoms with Crippen LogP contribution in [0.1, 0.15) is 29.8 Å². The summed E-state index contributed by atoms with van der Waals surface area (Å²) >= 11 is 0. The van der Waals surface area contributed by atoms with E-state index in [0.29, 0.717) is 18.0 Å². The Morgan fingerprint density at radius 1 is 1.43 bits per heavy atom. The molecule has 1 N–H and O–H groups in total. The van der Waals surface area contributed by atoms with Crippen LogP contribution in [-0.4, -0.2) is 11.7 Å². The summed E-state index contributed by atoms with van der Waals surface area (Å²) in [7, 11) is 3.40. The number of nitriles is 1. The van der Waals surface area contributed by atoms with Crippen LogP contribution in [0.25, 0.3) is 0 Å². The summed E-state index contributed by atoms with van der Waals surface area (Å²) in [6.07, 6.45) is 1.90. The number of hydrogen-bond donors (Lipinski definition) is 1. The van der Waals surface area contributed by atoms with Gasteiger partial charge in [-0.2, -0.15) is 5.26 Å². The summed E-state index contributed by atoms with van der Waals surface area (Å²) in [4.78, 5) is 0. The van der Waals surface area contributed by atoms with E-state index < -0.39 is 0 Å². The fourth-order valence-corrected chi connectivity index (χ4v) is 2.27. The Morgan fingerprint density at radius 3 is 2.81 bits per heavy atom. The summed E-state index contributed by atoms with van der Waals surface area (Å²) in [5, 5.41) is 12.2. The summed E-state index contributed by atoms with van der Waals surface area (Å²) in [6, 6.07) is 8.37. The van der Waals surface area contributed by atoms with Crippen LogP contribution in [0.5, 0.6) is 5.75 Å². The Hall–Kier alpha value is -2.32. The molecule has 2 aromatic rings. The Labute approximate surface area is 123 Å². The standard InChI is InChI=1S/C16H18FN3O/c1-11(15-7-13(17)4-5-16(15)21-3)19-9-12-6-14(8-18)20(2)10-12/h4-7,10-11,19H,9H2,1-3H3. The minimum absolute atomic E-state index is 0.0682. The van der Waals surface area contributed by atoms with Crippen molar-refractivity contribution in [3.8, 4) is 11.8 Å². The lowest BCUT2D eigenvalue weighted by Crippen LogP contribution is -2.18. The van der Waals surface area contributed by atoms with Gasteiger partial charge in [0.1, 0.15) is 23.3 Å². The van der Waals surface area contributed by atoms with Crippen molar-refractivity contribution in [1.82, 2.24) is 9.88 Å². The molecule has 0 aliphatic rings. The number of rotatable bonds is 5. The zero-order chi connectivity index (χ0) is 15.4. The van der Waals surface area contributed by atoms with E-state index in [1.54, 1.807) is 17.7 Å². The Morgan fingerprint density at radius 2 is 2.19 bits per heavy atom. The fourth-order valence-electron chi connectivity index (χ4n) is 2.27. The molecule has 0 radical (unpaired) electrons. The van der Waals surface area contributed by atoms with Crippen LogP contribution in [-0.2, 0) is 13.6 Å². The van der Waals surface area contributed by atoms with Gasteiger partial charge in [0.05, 0.1) is 7.11 Å². The van der Waals surface area contributed by atoms with Gasteiger partial charge in [-0.05, 0) is 36.8 Å². The number of nitrogens with zero attached hydrogens (tertiary/aromatic N) is 2. The highest BCUT2D eigenvalue weighted by molar-refractivity contribution is 5.36. The van der Waals surface area contributed by atoms with Gasteiger partial charge in [-0.25, -0.2) is 4.39 Å². The molecule has 0 fully saturated rings. The van der Waals surface area contributed by atoms with E-state index in [2.05, 4.69) is 11.4 Å². The van der Waals surface area contributed by atoms with Crippen molar-refractivity contribution in [2.75, 3.05) is 7.11 Å². The largest absolute Gasteiger partial charge is 0.496 e. The molecule has 1 heterocycles. The first-order chi connectivity index (χ1) is 10.0. The molecule has 0 saturated heterocycles. The minimum Gasteiger partial charge on any atom is -0.496 e. The van der Waals surface area contributed by atoms with E-state index in [1.807, 2.05) is 26.2 Å². The molecule has 0 aliphatic heterocycles. The molecule has 0 amide bonds. The monoisotopic (exact) mass is 287 g/mol. The average Bonchev–Trinajstić information content (AvgIpc) is 2.85. The molecule has 1 unspecified atom stereocenters. The van der Waals surface area contributed by atoms with Crippen LogP contribution in [0.2, 0.25) is 0 Å². The number of aryl methyl sites for hydroxylation is 1. The molecule has 1 atom stereocenters. The second-order valence-electron chi connectivity index (χ2n) is 4.95. The van der Waals surface area contributed by atoms with Gasteiger partial charge in [-0.3, -0.25) is 0 Å². The molecule has 1 aromatic heterocycles. The van der Waals surface area contributed by atoms with Crippen molar-refractivity contribution in [1.29, 1.82) is 5.26 Å². The number of nitrogens with one attached hydrogen (secondary N) is 1. The van der Waals surface area contributed by atoms with Gasteiger partial charge in [0, 0.05) is 31.4 Å². The molecule has 5 heteroatoms. The third-order valence-corrected chi connectivity index (χ3v) is 3.45. The summed E-state index contributed by atoms with van der Waals surface area (Å²) in [6.45, 7) is 2.54. The van der Waals surface area contributed by atoms with E-state index in [4.69, 9.17) is 10.00 Å². The predicted molar refractivity (Wildman–Crippen MR) is 78.3 cm³/mol. The molecule has 0 saturated carbocycles. The molecule has 1 aromatic carbocycles. The van der Waals surface area contributed by atoms with Crippen molar-refractivity contribution in [2.45, 2.75) is 19.5 Å². The van der Waals surface area contributed by atoms with Crippen LogP contribution in [0.3, 0.4) is 0 Å². The van der Waals surface area contributed by atoms with Crippen LogP contribution in [0.4, 0.5) is 4.39 Å². The first kappa shape index (κ1) is 15.1. The van der Waals surface area contributed by atoms with Crippen molar-refractivity contribution in [2.24, 2.45) is 7.05 Å². The second kappa shape index (κ2) is 6.42. The number of hydrogen-bond acceptors (Lipinski definition) is 3. The predicted octanol–water partition coefficient (Wildman–Crippen LogP) is 2.90. The third kappa shape index (κ3) is 3.41. The van der Waals surface area contributed by atoms with Gasteiger partial charge in [-0.15, -0.1) is 0 Å². The highest BCUT2D eigenvalue weighted by atomic mass is 19.1. The van der Waals surface area contributed by atoms with Crippen LogP contribution in [0.15, 0.2) is 30.5 Å². The van der Waals surface area contributed by atoms with Gasteiger partial charge in [0.15, 0.2) is 0 Å². The topological polar surface area (TPSA) is 50.0 Å². The number of aromatic nitrogens is 1. The molecule has 0 spiro atoms. The van der Waals surface area contributed by atoms with Crippen molar-refractivity contribution in [3.63, 3.8) is 0 Å². The van der Waals surface area contributed by atoms with E-state index in [9.17, 15) is 4.39 Å². The molecule has 4 nitrogen and oxygen atoms in total. The van der Waals surface area contributed by atoms with Crippen LogP contribution < -0.4 is 10.1 Å². The number of methoxy groups -OCH3 is 1. The summed E-state index contributed by atoms with van der Waals surface area (Å²) < 4.78 is 20.4.